The Bertz CT molecular complexity index is 945. The highest BCUT2D eigenvalue weighted by molar-refractivity contribution is 7.09. The van der Waals surface area contributed by atoms with Crippen LogP contribution in [0.15, 0.2) is 53.9 Å². The van der Waals surface area contributed by atoms with Crippen LogP contribution in [0.5, 0.6) is 0 Å². The number of aromatic nitrogens is 1. The first-order valence-corrected chi connectivity index (χ1v) is 10.7. The average molecular weight is 392 g/mol. The molecule has 0 unspecified atom stereocenters. The van der Waals surface area contributed by atoms with Crippen LogP contribution in [0.25, 0.3) is 0 Å². The predicted molar refractivity (Wildman–Crippen MR) is 116 cm³/mol. The summed E-state index contributed by atoms with van der Waals surface area (Å²) in [4.78, 5) is 19.5. The Morgan fingerprint density at radius 1 is 1.14 bits per heavy atom. The van der Waals surface area contributed by atoms with Crippen LogP contribution in [0.3, 0.4) is 0 Å². The van der Waals surface area contributed by atoms with Crippen molar-refractivity contribution in [1.82, 2.24) is 4.98 Å². The number of nitrogens with zero attached hydrogens (tertiary/aromatic N) is 2. The summed E-state index contributed by atoms with van der Waals surface area (Å²) in [6.07, 6.45) is 3.64. The summed E-state index contributed by atoms with van der Waals surface area (Å²) >= 11 is 1.61. The molecule has 1 fully saturated rings. The zero-order valence-corrected chi connectivity index (χ0v) is 17.0. The van der Waals surface area contributed by atoms with Gasteiger partial charge in [0, 0.05) is 36.3 Å². The number of hydrogen-bond acceptors (Lipinski definition) is 4. The van der Waals surface area contributed by atoms with E-state index in [4.69, 9.17) is 0 Å². The quantitative estimate of drug-likeness (QED) is 0.655. The van der Waals surface area contributed by atoms with Crippen molar-refractivity contribution < 1.29 is 4.79 Å². The van der Waals surface area contributed by atoms with Crippen molar-refractivity contribution >= 4 is 28.6 Å². The van der Waals surface area contributed by atoms with E-state index in [1.54, 1.807) is 11.3 Å². The van der Waals surface area contributed by atoms with Gasteiger partial charge in [-0.3, -0.25) is 4.79 Å². The molecule has 144 valence electrons. The van der Waals surface area contributed by atoms with Crippen molar-refractivity contribution in [1.29, 1.82) is 0 Å². The van der Waals surface area contributed by atoms with E-state index in [0.29, 0.717) is 6.42 Å². The Kier molecular flexibility index (Phi) is 5.72. The summed E-state index contributed by atoms with van der Waals surface area (Å²) in [7, 11) is 0. The zero-order chi connectivity index (χ0) is 19.3. The average Bonchev–Trinajstić information content (AvgIpc) is 3.35. The fourth-order valence-electron chi connectivity index (χ4n) is 3.70. The molecule has 1 N–H and O–H groups in total. The Hall–Kier alpha value is -2.66. The van der Waals surface area contributed by atoms with E-state index in [9.17, 15) is 4.79 Å². The van der Waals surface area contributed by atoms with E-state index in [1.807, 2.05) is 29.6 Å². The standard InChI is InChI=1S/C23H25N3OS/c1-17-13-19(9-10-21(17)26-11-5-6-12-26)24-22(27)15-20-16-28-23(25-20)14-18-7-3-2-4-8-18/h2-4,7-10,13,16H,5-6,11-12,14-15H2,1H3,(H,24,27). The largest absolute Gasteiger partial charge is 0.371 e. The third kappa shape index (κ3) is 4.60. The molecule has 1 aromatic heterocycles. The van der Waals surface area contributed by atoms with Crippen LogP contribution in [-0.2, 0) is 17.6 Å². The number of nitrogens with one attached hydrogen (secondary N) is 1. The summed E-state index contributed by atoms with van der Waals surface area (Å²) in [5.41, 5.74) is 5.41. The lowest BCUT2D eigenvalue weighted by molar-refractivity contribution is -0.115. The van der Waals surface area contributed by atoms with Crippen molar-refractivity contribution in [2.24, 2.45) is 0 Å². The molecule has 3 aromatic rings. The van der Waals surface area contributed by atoms with Crippen molar-refractivity contribution in [3.8, 4) is 0 Å². The van der Waals surface area contributed by atoms with E-state index in [0.717, 1.165) is 35.9 Å². The third-order valence-electron chi connectivity index (χ3n) is 5.07. The van der Waals surface area contributed by atoms with Crippen molar-refractivity contribution in [2.45, 2.75) is 32.6 Å². The van der Waals surface area contributed by atoms with Crippen LogP contribution in [0.1, 0.15) is 34.7 Å². The van der Waals surface area contributed by atoms with E-state index in [2.05, 4.69) is 46.4 Å². The van der Waals surface area contributed by atoms with Gasteiger partial charge < -0.3 is 10.2 Å². The maximum atomic E-state index is 12.4. The second-order valence-corrected chi connectivity index (χ2v) is 8.26. The summed E-state index contributed by atoms with van der Waals surface area (Å²) in [6.45, 7) is 4.36. The Balaban J connectivity index is 1.35. The van der Waals surface area contributed by atoms with Crippen molar-refractivity contribution in [2.75, 3.05) is 23.3 Å². The van der Waals surface area contributed by atoms with Crippen LogP contribution in [0, 0.1) is 6.92 Å². The molecule has 0 saturated carbocycles. The maximum Gasteiger partial charge on any atom is 0.230 e. The monoisotopic (exact) mass is 391 g/mol. The first-order valence-electron chi connectivity index (χ1n) is 9.80. The molecule has 4 rings (SSSR count). The van der Waals surface area contributed by atoms with Crippen molar-refractivity contribution in [3.63, 3.8) is 0 Å². The van der Waals surface area contributed by atoms with Gasteiger partial charge in [0.2, 0.25) is 5.91 Å². The number of anilines is 2. The van der Waals surface area contributed by atoms with Gasteiger partial charge in [0.25, 0.3) is 0 Å². The smallest absolute Gasteiger partial charge is 0.230 e. The van der Waals surface area contributed by atoms with E-state index in [1.165, 1.54) is 29.7 Å². The molecule has 5 heteroatoms. The minimum atomic E-state index is -0.0233. The van der Waals surface area contributed by atoms with Crippen LogP contribution < -0.4 is 10.2 Å². The first kappa shape index (κ1) is 18.7. The van der Waals surface area contributed by atoms with Gasteiger partial charge in [0.1, 0.15) is 0 Å². The van der Waals surface area contributed by atoms with E-state index >= 15 is 0 Å². The van der Waals surface area contributed by atoms with E-state index < -0.39 is 0 Å². The maximum absolute atomic E-state index is 12.4. The number of hydrogen-bond donors (Lipinski definition) is 1. The van der Waals surface area contributed by atoms with Crippen LogP contribution in [0.4, 0.5) is 11.4 Å². The molecule has 0 atom stereocenters. The molecule has 1 aliphatic rings. The van der Waals surface area contributed by atoms with Gasteiger partial charge in [0.05, 0.1) is 17.1 Å². The van der Waals surface area contributed by atoms with Gasteiger partial charge in [-0.2, -0.15) is 0 Å². The van der Waals surface area contributed by atoms with Crippen LogP contribution in [-0.4, -0.2) is 24.0 Å². The third-order valence-corrected chi connectivity index (χ3v) is 5.96. The molecule has 0 radical (unpaired) electrons. The fourth-order valence-corrected chi connectivity index (χ4v) is 4.53. The molecule has 0 bridgehead atoms. The van der Waals surface area contributed by atoms with Crippen LogP contribution in [0.2, 0.25) is 0 Å². The predicted octanol–water partition coefficient (Wildman–Crippen LogP) is 4.82. The highest BCUT2D eigenvalue weighted by Crippen LogP contribution is 2.26. The second-order valence-electron chi connectivity index (χ2n) is 7.32. The summed E-state index contributed by atoms with van der Waals surface area (Å²) < 4.78 is 0. The van der Waals surface area contributed by atoms with Gasteiger partial charge in [-0.05, 0) is 49.1 Å². The molecular weight excluding hydrogens is 366 g/mol. The number of benzene rings is 2. The Labute approximate surface area is 170 Å². The Morgan fingerprint density at radius 2 is 1.93 bits per heavy atom. The molecule has 0 spiro atoms. The van der Waals surface area contributed by atoms with Crippen LogP contribution >= 0.6 is 11.3 Å². The molecule has 28 heavy (non-hydrogen) atoms. The molecular formula is C23H25N3OS. The number of carbonyl (C=O) groups is 1. The summed E-state index contributed by atoms with van der Waals surface area (Å²) in [5.74, 6) is -0.0233. The molecule has 1 amide bonds. The number of aryl methyl sites for hydroxylation is 1. The Morgan fingerprint density at radius 3 is 2.68 bits per heavy atom. The molecule has 0 aliphatic carbocycles. The molecule has 1 saturated heterocycles. The normalized spacial score (nSPS) is 13.7. The summed E-state index contributed by atoms with van der Waals surface area (Å²) in [5, 5.41) is 6.04. The second kappa shape index (κ2) is 8.57. The fraction of sp³-hybridized carbons (Fsp3) is 0.304. The number of amides is 1. The summed E-state index contributed by atoms with van der Waals surface area (Å²) in [6, 6.07) is 16.5. The molecule has 1 aliphatic heterocycles. The minimum Gasteiger partial charge on any atom is -0.371 e. The lowest BCUT2D eigenvalue weighted by atomic mass is 10.1. The lowest BCUT2D eigenvalue weighted by Crippen LogP contribution is -2.19. The highest BCUT2D eigenvalue weighted by Gasteiger charge is 2.15. The zero-order valence-electron chi connectivity index (χ0n) is 16.1. The molecule has 2 aromatic carbocycles. The number of rotatable bonds is 6. The van der Waals surface area contributed by atoms with Gasteiger partial charge in [0.15, 0.2) is 0 Å². The molecule has 4 nitrogen and oxygen atoms in total. The molecule has 2 heterocycles. The van der Waals surface area contributed by atoms with E-state index in [-0.39, 0.29) is 5.91 Å². The van der Waals surface area contributed by atoms with Crippen molar-refractivity contribution in [3.05, 3.63) is 75.7 Å². The van der Waals surface area contributed by atoms with Gasteiger partial charge in [-0.1, -0.05) is 30.3 Å². The highest BCUT2D eigenvalue weighted by atomic mass is 32.1. The van der Waals surface area contributed by atoms with Gasteiger partial charge in [-0.25, -0.2) is 4.98 Å². The number of carbonyl (C=O) groups excluding carboxylic acids is 1. The lowest BCUT2D eigenvalue weighted by Gasteiger charge is -2.20. The van der Waals surface area contributed by atoms with Gasteiger partial charge >= 0.3 is 0 Å². The number of thiazole rings is 1. The topological polar surface area (TPSA) is 45.2 Å². The SMILES string of the molecule is Cc1cc(NC(=O)Cc2csc(Cc3ccccc3)n2)ccc1N1CCCC1. The minimum absolute atomic E-state index is 0.0233. The van der Waals surface area contributed by atoms with Gasteiger partial charge in [-0.15, -0.1) is 11.3 Å². The first-order chi connectivity index (χ1) is 13.7.